The Morgan fingerprint density at radius 3 is 2.83 bits per heavy atom. The molecule has 1 atom stereocenters. The first-order chi connectivity index (χ1) is 14.6. The number of fused-ring (bicyclic) bond motifs is 2. The second kappa shape index (κ2) is 6.63. The van der Waals surface area contributed by atoms with Gasteiger partial charge in [0.25, 0.3) is 0 Å². The van der Waals surface area contributed by atoms with E-state index in [1.54, 1.807) is 24.3 Å². The smallest absolute Gasteiger partial charge is 0.244 e. The number of allylic oxidation sites excluding steroid dienone is 1. The first kappa shape index (κ1) is 17.8. The van der Waals surface area contributed by atoms with Crippen molar-refractivity contribution in [1.82, 2.24) is 10.2 Å². The van der Waals surface area contributed by atoms with Gasteiger partial charge < -0.3 is 29.8 Å². The van der Waals surface area contributed by atoms with Gasteiger partial charge in [0.15, 0.2) is 23.0 Å². The first-order valence-corrected chi connectivity index (χ1v) is 9.03. The molecule has 4 N–H and O–H groups in total. The van der Waals surface area contributed by atoms with Crippen molar-refractivity contribution in [3.05, 3.63) is 59.0 Å². The minimum atomic E-state index is -0.602. The molecule has 2 aromatic carbocycles. The number of phenols is 1. The quantitative estimate of drug-likeness (QED) is 0.606. The predicted molar refractivity (Wildman–Crippen MR) is 104 cm³/mol. The highest BCUT2D eigenvalue weighted by atomic mass is 16.7. The summed E-state index contributed by atoms with van der Waals surface area (Å²) >= 11 is 0. The summed E-state index contributed by atoms with van der Waals surface area (Å²) in [6.45, 7) is 0.161. The second-order valence-corrected chi connectivity index (χ2v) is 6.74. The molecule has 2 aliphatic rings. The zero-order valence-corrected chi connectivity index (χ0v) is 15.8. The fourth-order valence-electron chi connectivity index (χ4n) is 3.74. The third-order valence-electron chi connectivity index (χ3n) is 5.14. The number of nitrogens with zero attached hydrogens (tertiary/aromatic N) is 2. The normalized spacial score (nSPS) is 16.6. The number of nitriles is 1. The van der Waals surface area contributed by atoms with Crippen LogP contribution in [-0.4, -0.2) is 29.2 Å². The maximum Gasteiger partial charge on any atom is 0.244 e. The molecule has 0 bridgehead atoms. The van der Waals surface area contributed by atoms with Gasteiger partial charge in [0.1, 0.15) is 11.6 Å². The van der Waals surface area contributed by atoms with Gasteiger partial charge in [-0.05, 0) is 35.9 Å². The molecule has 3 heterocycles. The van der Waals surface area contributed by atoms with Crippen molar-refractivity contribution in [3.63, 3.8) is 0 Å². The van der Waals surface area contributed by atoms with Crippen molar-refractivity contribution < 1.29 is 24.1 Å². The zero-order valence-electron chi connectivity index (χ0n) is 15.8. The number of benzene rings is 2. The van der Waals surface area contributed by atoms with Crippen LogP contribution in [0.1, 0.15) is 17.0 Å². The Morgan fingerprint density at radius 1 is 1.23 bits per heavy atom. The van der Waals surface area contributed by atoms with Crippen molar-refractivity contribution in [2.75, 3.05) is 13.9 Å². The van der Waals surface area contributed by atoms with Gasteiger partial charge in [-0.25, -0.2) is 0 Å². The van der Waals surface area contributed by atoms with Gasteiger partial charge in [0.2, 0.25) is 18.6 Å². The van der Waals surface area contributed by atoms with Gasteiger partial charge in [0, 0.05) is 5.56 Å². The molecule has 0 fully saturated rings. The van der Waals surface area contributed by atoms with Crippen LogP contribution in [0.3, 0.4) is 0 Å². The van der Waals surface area contributed by atoms with Gasteiger partial charge in [0.05, 0.1) is 24.3 Å². The van der Waals surface area contributed by atoms with E-state index in [0.29, 0.717) is 34.1 Å². The van der Waals surface area contributed by atoms with E-state index in [2.05, 4.69) is 16.3 Å². The van der Waals surface area contributed by atoms with Crippen LogP contribution in [0.25, 0.3) is 11.3 Å². The van der Waals surface area contributed by atoms with E-state index in [9.17, 15) is 10.4 Å². The van der Waals surface area contributed by atoms with Crippen molar-refractivity contribution in [3.8, 4) is 46.2 Å². The molecule has 0 spiro atoms. The van der Waals surface area contributed by atoms with Crippen LogP contribution in [0, 0.1) is 11.3 Å². The fraction of sp³-hybridized carbons (Fsp3) is 0.143. The minimum Gasteiger partial charge on any atom is -0.504 e. The molecular weight excluding hydrogens is 388 g/mol. The van der Waals surface area contributed by atoms with Gasteiger partial charge in [-0.15, -0.1) is 5.10 Å². The largest absolute Gasteiger partial charge is 0.504 e. The Labute approximate surface area is 170 Å². The molecule has 2 aliphatic heterocycles. The van der Waals surface area contributed by atoms with Gasteiger partial charge >= 0.3 is 0 Å². The van der Waals surface area contributed by atoms with Crippen molar-refractivity contribution >= 4 is 0 Å². The summed E-state index contributed by atoms with van der Waals surface area (Å²) in [4.78, 5) is 0. The molecule has 30 heavy (non-hydrogen) atoms. The molecule has 0 amide bonds. The molecular formula is C21H16N4O5. The number of H-pyrrole nitrogens is 1. The molecule has 9 nitrogen and oxygen atoms in total. The van der Waals surface area contributed by atoms with Crippen molar-refractivity contribution in [2.24, 2.45) is 5.73 Å². The van der Waals surface area contributed by atoms with Crippen LogP contribution >= 0.6 is 0 Å². The number of aromatic amines is 1. The van der Waals surface area contributed by atoms with Crippen LogP contribution < -0.4 is 24.7 Å². The monoisotopic (exact) mass is 404 g/mol. The molecule has 0 saturated heterocycles. The van der Waals surface area contributed by atoms with E-state index >= 15 is 0 Å². The van der Waals surface area contributed by atoms with Crippen LogP contribution in [0.4, 0.5) is 0 Å². The van der Waals surface area contributed by atoms with Crippen molar-refractivity contribution in [2.45, 2.75) is 5.92 Å². The Hall–Kier alpha value is -4.32. The van der Waals surface area contributed by atoms with Crippen LogP contribution in [-0.2, 0) is 0 Å². The molecule has 9 heteroatoms. The molecule has 0 saturated carbocycles. The lowest BCUT2D eigenvalue weighted by Crippen LogP contribution is -2.21. The van der Waals surface area contributed by atoms with E-state index < -0.39 is 5.92 Å². The number of methoxy groups -OCH3 is 1. The number of ether oxygens (including phenoxy) is 4. The van der Waals surface area contributed by atoms with Gasteiger partial charge in [-0.2, -0.15) is 5.26 Å². The number of nitrogens with two attached hydrogens (primary N) is 1. The maximum absolute atomic E-state index is 10.3. The Bertz CT molecular complexity index is 1240. The van der Waals surface area contributed by atoms with E-state index in [0.717, 1.165) is 5.56 Å². The zero-order chi connectivity index (χ0) is 20.8. The Balaban J connectivity index is 1.69. The third kappa shape index (κ3) is 2.58. The highest BCUT2D eigenvalue weighted by molar-refractivity contribution is 5.73. The summed E-state index contributed by atoms with van der Waals surface area (Å²) < 4.78 is 21.6. The second-order valence-electron chi connectivity index (χ2n) is 6.74. The number of phenolic OH excluding ortho intramolecular Hbond substituents is 1. The average Bonchev–Trinajstić information content (AvgIpc) is 3.38. The number of aromatic hydroxyl groups is 1. The Morgan fingerprint density at radius 2 is 2.07 bits per heavy atom. The van der Waals surface area contributed by atoms with Crippen LogP contribution in [0.15, 0.2) is 47.9 Å². The average molecular weight is 404 g/mol. The SMILES string of the molecule is COc1ccc(C2C(C#N)=C(N)Oc3n[nH]c(-c4ccc5c(c4)OCO5)c32)cc1O. The van der Waals surface area contributed by atoms with E-state index in [-0.39, 0.29) is 29.9 Å². The van der Waals surface area contributed by atoms with Crippen LogP contribution in [0.2, 0.25) is 0 Å². The number of nitrogens with one attached hydrogen (secondary N) is 1. The minimum absolute atomic E-state index is 0.0333. The predicted octanol–water partition coefficient (Wildman–Crippen LogP) is 2.74. The number of aromatic nitrogens is 2. The third-order valence-corrected chi connectivity index (χ3v) is 5.14. The summed E-state index contributed by atoms with van der Waals surface area (Å²) in [5.74, 6) is 1.17. The van der Waals surface area contributed by atoms with Gasteiger partial charge in [-0.1, -0.05) is 6.07 Å². The lowest BCUT2D eigenvalue weighted by atomic mass is 9.83. The summed E-state index contributed by atoms with van der Waals surface area (Å²) in [7, 11) is 1.47. The maximum atomic E-state index is 10.3. The lowest BCUT2D eigenvalue weighted by molar-refractivity contribution is 0.174. The summed E-state index contributed by atoms with van der Waals surface area (Å²) in [5, 5.41) is 27.3. The van der Waals surface area contributed by atoms with E-state index in [1.807, 2.05) is 12.1 Å². The summed E-state index contributed by atoms with van der Waals surface area (Å²) in [6.07, 6.45) is 0. The Kier molecular flexibility index (Phi) is 3.93. The highest BCUT2D eigenvalue weighted by Crippen LogP contribution is 2.47. The molecule has 5 rings (SSSR count). The van der Waals surface area contributed by atoms with Gasteiger partial charge in [-0.3, -0.25) is 5.10 Å². The molecule has 1 aromatic heterocycles. The molecule has 1 unspecified atom stereocenters. The van der Waals surface area contributed by atoms with Crippen molar-refractivity contribution in [1.29, 1.82) is 5.26 Å². The fourth-order valence-corrected chi connectivity index (χ4v) is 3.74. The first-order valence-electron chi connectivity index (χ1n) is 9.03. The van der Waals surface area contributed by atoms with E-state index in [1.165, 1.54) is 7.11 Å². The topological polar surface area (TPSA) is 136 Å². The highest BCUT2D eigenvalue weighted by Gasteiger charge is 2.36. The summed E-state index contributed by atoms with van der Waals surface area (Å²) in [5.41, 5.74) is 8.91. The molecule has 3 aromatic rings. The lowest BCUT2D eigenvalue weighted by Gasteiger charge is -2.24. The molecule has 150 valence electrons. The molecule has 0 aliphatic carbocycles. The van der Waals surface area contributed by atoms with E-state index in [4.69, 9.17) is 24.7 Å². The number of hydrogen-bond acceptors (Lipinski definition) is 8. The summed E-state index contributed by atoms with van der Waals surface area (Å²) in [6, 6.07) is 12.6. The number of hydrogen-bond donors (Lipinski definition) is 3. The number of rotatable bonds is 3. The van der Waals surface area contributed by atoms with Crippen LogP contribution in [0.5, 0.6) is 28.9 Å². The molecule has 0 radical (unpaired) electrons. The standard InChI is InChI=1S/C21H16N4O5/c1-27-14-4-2-10(6-13(14)26)17-12(8-22)20(23)30-21-18(17)19(24-25-21)11-3-5-15-16(7-11)29-9-28-15/h2-7,17,26H,9,23H2,1H3,(H,24,25).